The Morgan fingerprint density at radius 3 is 3.07 bits per heavy atom. The maximum atomic E-state index is 4.41. The molecule has 0 N–H and O–H groups in total. The Kier molecular flexibility index (Phi) is 1.00. The third-order valence-electron chi connectivity index (χ3n) is 2.72. The molecule has 0 saturated carbocycles. The zero-order chi connectivity index (χ0) is 9.12. The van der Waals surface area contributed by atoms with Crippen LogP contribution in [0.3, 0.4) is 0 Å². The summed E-state index contributed by atoms with van der Waals surface area (Å²) in [5, 5.41) is 0. The second kappa shape index (κ2) is 2.07. The van der Waals surface area contributed by atoms with Gasteiger partial charge in [-0.2, -0.15) is 0 Å². The Labute approximate surface area is 83.8 Å². The standard InChI is InChI=1S/C11H6N2S/c1-2-7-4-5-8-10-11(14-6-12-10)9(3-1)13(7)8/h1-6H. The topological polar surface area (TPSA) is 17.3 Å². The van der Waals surface area contributed by atoms with Crippen molar-refractivity contribution in [3.8, 4) is 0 Å². The minimum atomic E-state index is 1.14. The maximum absolute atomic E-state index is 4.41. The van der Waals surface area contributed by atoms with E-state index < -0.39 is 0 Å². The molecule has 66 valence electrons. The van der Waals surface area contributed by atoms with Gasteiger partial charge in [0.15, 0.2) is 0 Å². The summed E-state index contributed by atoms with van der Waals surface area (Å²) < 4.78 is 3.57. The molecule has 0 unspecified atom stereocenters. The van der Waals surface area contributed by atoms with E-state index in [1.807, 2.05) is 5.51 Å². The van der Waals surface area contributed by atoms with Crippen molar-refractivity contribution in [2.24, 2.45) is 0 Å². The second-order valence-electron chi connectivity index (χ2n) is 3.42. The molecule has 0 aliphatic rings. The summed E-state index contributed by atoms with van der Waals surface area (Å²) in [5.41, 5.74) is 6.81. The van der Waals surface area contributed by atoms with Crippen LogP contribution in [-0.4, -0.2) is 9.38 Å². The highest BCUT2D eigenvalue weighted by Gasteiger charge is 2.12. The summed E-state index contributed by atoms with van der Waals surface area (Å²) in [6, 6.07) is 10.7. The first kappa shape index (κ1) is 6.79. The summed E-state index contributed by atoms with van der Waals surface area (Å²) in [4.78, 5) is 4.41. The lowest BCUT2D eigenvalue weighted by atomic mass is 10.3. The summed E-state index contributed by atoms with van der Waals surface area (Å²) in [7, 11) is 0. The van der Waals surface area contributed by atoms with Crippen LogP contribution in [0.5, 0.6) is 0 Å². The van der Waals surface area contributed by atoms with Crippen molar-refractivity contribution >= 4 is 38.1 Å². The lowest BCUT2D eigenvalue weighted by molar-refractivity contribution is 1.35. The summed E-state index contributed by atoms with van der Waals surface area (Å²) in [5.74, 6) is 0. The number of hydrogen-bond acceptors (Lipinski definition) is 2. The Bertz CT molecular complexity index is 724. The number of pyridine rings is 1. The van der Waals surface area contributed by atoms with Crippen LogP contribution >= 0.6 is 11.3 Å². The van der Waals surface area contributed by atoms with Crippen LogP contribution in [0, 0.1) is 0 Å². The number of thiazole rings is 1. The van der Waals surface area contributed by atoms with Gasteiger partial charge in [0, 0.05) is 5.52 Å². The van der Waals surface area contributed by atoms with Crippen molar-refractivity contribution in [3.63, 3.8) is 0 Å². The van der Waals surface area contributed by atoms with Crippen LogP contribution in [0.15, 0.2) is 35.8 Å². The van der Waals surface area contributed by atoms with E-state index in [0.29, 0.717) is 0 Å². The fraction of sp³-hybridized carbons (Fsp3) is 0. The zero-order valence-corrected chi connectivity index (χ0v) is 8.08. The minimum Gasteiger partial charge on any atom is -0.307 e. The third kappa shape index (κ3) is 0.590. The van der Waals surface area contributed by atoms with Gasteiger partial charge in [-0.3, -0.25) is 0 Å². The Hall–Kier alpha value is -1.61. The lowest BCUT2D eigenvalue weighted by Gasteiger charge is -1.93. The smallest absolute Gasteiger partial charge is 0.107 e. The van der Waals surface area contributed by atoms with Gasteiger partial charge in [0.05, 0.1) is 21.2 Å². The number of hydrogen-bond donors (Lipinski definition) is 0. The molecule has 0 bridgehead atoms. The van der Waals surface area contributed by atoms with Crippen molar-refractivity contribution < 1.29 is 0 Å². The lowest BCUT2D eigenvalue weighted by Crippen LogP contribution is -1.79. The van der Waals surface area contributed by atoms with Gasteiger partial charge < -0.3 is 4.40 Å². The Morgan fingerprint density at radius 2 is 2.07 bits per heavy atom. The maximum Gasteiger partial charge on any atom is 0.107 e. The van der Waals surface area contributed by atoms with Crippen molar-refractivity contribution in [3.05, 3.63) is 35.8 Å². The molecular weight excluding hydrogens is 192 g/mol. The Balaban J connectivity index is 2.58. The predicted molar refractivity (Wildman–Crippen MR) is 59.3 cm³/mol. The molecular formula is C11H6N2S. The van der Waals surface area contributed by atoms with Crippen LogP contribution in [0.25, 0.3) is 26.8 Å². The molecule has 14 heavy (non-hydrogen) atoms. The molecule has 0 aliphatic heterocycles. The van der Waals surface area contributed by atoms with Gasteiger partial charge in [0.25, 0.3) is 0 Å². The summed E-state index contributed by atoms with van der Waals surface area (Å²) in [6.07, 6.45) is 0. The second-order valence-corrected chi connectivity index (χ2v) is 4.27. The quantitative estimate of drug-likeness (QED) is 0.424. The van der Waals surface area contributed by atoms with E-state index in [1.54, 1.807) is 11.3 Å². The molecule has 0 aromatic carbocycles. The highest BCUT2D eigenvalue weighted by atomic mass is 32.1. The van der Waals surface area contributed by atoms with E-state index in [0.717, 1.165) is 5.52 Å². The molecule has 0 atom stereocenters. The number of rotatable bonds is 0. The van der Waals surface area contributed by atoms with Gasteiger partial charge in [-0.1, -0.05) is 6.07 Å². The SMILES string of the molecule is c1cc2ccc3c4ncsc4c(c1)n23. The molecule has 0 radical (unpaired) electrons. The number of nitrogens with zero attached hydrogens (tertiary/aromatic N) is 2. The van der Waals surface area contributed by atoms with Gasteiger partial charge >= 0.3 is 0 Å². The number of fused-ring (bicyclic) bond motifs is 3. The average Bonchev–Trinajstić information content (AvgIpc) is 2.87. The molecule has 3 heteroatoms. The minimum absolute atomic E-state index is 1.14. The van der Waals surface area contributed by atoms with Crippen LogP contribution in [0.1, 0.15) is 0 Å². The summed E-state index contributed by atoms with van der Waals surface area (Å²) in [6.45, 7) is 0. The van der Waals surface area contributed by atoms with Crippen LogP contribution in [0.2, 0.25) is 0 Å². The van der Waals surface area contributed by atoms with Crippen molar-refractivity contribution in [1.82, 2.24) is 9.38 Å². The molecule has 0 saturated heterocycles. The van der Waals surface area contributed by atoms with Crippen LogP contribution in [0.4, 0.5) is 0 Å². The van der Waals surface area contributed by atoms with Crippen LogP contribution in [-0.2, 0) is 0 Å². The van der Waals surface area contributed by atoms with E-state index in [1.165, 1.54) is 21.3 Å². The van der Waals surface area contributed by atoms with Gasteiger partial charge in [-0.25, -0.2) is 4.98 Å². The third-order valence-corrected chi connectivity index (χ3v) is 3.56. The fourth-order valence-corrected chi connectivity index (χ4v) is 2.95. The van der Waals surface area contributed by atoms with Crippen molar-refractivity contribution in [2.75, 3.05) is 0 Å². The van der Waals surface area contributed by atoms with Gasteiger partial charge in [-0.05, 0) is 24.3 Å². The molecule has 4 aromatic rings. The van der Waals surface area contributed by atoms with Gasteiger partial charge in [0.2, 0.25) is 0 Å². The monoisotopic (exact) mass is 198 g/mol. The molecule has 0 spiro atoms. The molecule has 4 aromatic heterocycles. The number of aromatic nitrogens is 2. The van der Waals surface area contributed by atoms with E-state index in [4.69, 9.17) is 0 Å². The van der Waals surface area contributed by atoms with Gasteiger partial charge in [0.1, 0.15) is 5.52 Å². The van der Waals surface area contributed by atoms with E-state index >= 15 is 0 Å². The molecule has 0 aliphatic carbocycles. The van der Waals surface area contributed by atoms with Crippen molar-refractivity contribution in [2.45, 2.75) is 0 Å². The molecule has 0 amide bonds. The first-order chi connectivity index (χ1) is 6.95. The van der Waals surface area contributed by atoms with Gasteiger partial charge in [-0.15, -0.1) is 11.3 Å². The fourth-order valence-electron chi connectivity index (χ4n) is 2.14. The molecule has 4 rings (SSSR count). The normalized spacial score (nSPS) is 12.3. The van der Waals surface area contributed by atoms with E-state index in [-0.39, 0.29) is 0 Å². The molecule has 0 fully saturated rings. The predicted octanol–water partition coefficient (Wildman–Crippen LogP) is 3.14. The highest BCUT2D eigenvalue weighted by molar-refractivity contribution is 7.17. The first-order valence-electron chi connectivity index (χ1n) is 4.50. The van der Waals surface area contributed by atoms with Crippen LogP contribution < -0.4 is 0 Å². The van der Waals surface area contributed by atoms with E-state index in [9.17, 15) is 0 Å². The summed E-state index contributed by atoms with van der Waals surface area (Å²) >= 11 is 1.71. The van der Waals surface area contributed by atoms with Crippen molar-refractivity contribution in [1.29, 1.82) is 0 Å². The zero-order valence-electron chi connectivity index (χ0n) is 7.27. The first-order valence-corrected chi connectivity index (χ1v) is 5.38. The van der Waals surface area contributed by atoms with E-state index in [2.05, 4.69) is 39.7 Å². The average molecular weight is 198 g/mol. The largest absolute Gasteiger partial charge is 0.307 e. The molecule has 2 nitrogen and oxygen atoms in total. The highest BCUT2D eigenvalue weighted by Crippen LogP contribution is 2.32. The Morgan fingerprint density at radius 1 is 1.07 bits per heavy atom. The molecule has 4 heterocycles.